The van der Waals surface area contributed by atoms with Gasteiger partial charge in [0.05, 0.1) is 17.0 Å². The van der Waals surface area contributed by atoms with Crippen LogP contribution in [0.5, 0.6) is 0 Å². The van der Waals surface area contributed by atoms with Gasteiger partial charge >= 0.3 is 0 Å². The van der Waals surface area contributed by atoms with E-state index in [1.54, 1.807) is 18.2 Å². The first kappa shape index (κ1) is 13.8. The monoisotopic (exact) mass is 301 g/mol. The third-order valence-electron chi connectivity index (χ3n) is 3.59. The number of anilines is 1. The SMILES string of the molecule is Cc1ccc(S(=O)(=O)N2C(=O)Cc3ccc(C)cc32)cc1. The summed E-state index contributed by atoms with van der Waals surface area (Å²) >= 11 is 0. The minimum Gasteiger partial charge on any atom is -0.273 e. The summed E-state index contributed by atoms with van der Waals surface area (Å²) in [4.78, 5) is 12.3. The normalized spacial score (nSPS) is 14.4. The molecule has 0 saturated heterocycles. The highest BCUT2D eigenvalue weighted by atomic mass is 32.2. The van der Waals surface area contributed by atoms with Gasteiger partial charge in [-0.15, -0.1) is 0 Å². The van der Waals surface area contributed by atoms with Crippen molar-refractivity contribution in [1.29, 1.82) is 0 Å². The van der Waals surface area contributed by atoms with Gasteiger partial charge in [-0.2, -0.15) is 0 Å². The predicted octanol–water partition coefficient (Wildman–Crippen LogP) is 2.58. The van der Waals surface area contributed by atoms with E-state index < -0.39 is 15.9 Å². The lowest BCUT2D eigenvalue weighted by Crippen LogP contribution is -2.33. The number of hydrogen-bond donors (Lipinski definition) is 0. The molecule has 0 aliphatic carbocycles. The molecule has 0 N–H and O–H groups in total. The third kappa shape index (κ3) is 2.23. The Balaban J connectivity index is 2.14. The molecule has 3 rings (SSSR count). The molecule has 0 bridgehead atoms. The Labute approximate surface area is 124 Å². The van der Waals surface area contributed by atoms with Crippen LogP contribution in [0, 0.1) is 13.8 Å². The number of carbonyl (C=O) groups excluding carboxylic acids is 1. The number of fused-ring (bicyclic) bond motifs is 1. The molecule has 1 aliphatic heterocycles. The number of aryl methyl sites for hydroxylation is 2. The number of rotatable bonds is 2. The molecule has 21 heavy (non-hydrogen) atoms. The molecule has 0 unspecified atom stereocenters. The number of nitrogens with zero attached hydrogens (tertiary/aromatic N) is 1. The lowest BCUT2D eigenvalue weighted by Gasteiger charge is -2.18. The molecule has 2 aromatic carbocycles. The Morgan fingerprint density at radius 2 is 1.57 bits per heavy atom. The number of amides is 1. The summed E-state index contributed by atoms with van der Waals surface area (Å²) in [5.74, 6) is -0.406. The van der Waals surface area contributed by atoms with E-state index in [2.05, 4.69) is 0 Å². The maximum absolute atomic E-state index is 12.7. The lowest BCUT2D eigenvalue weighted by molar-refractivity contribution is -0.116. The first-order valence-corrected chi connectivity index (χ1v) is 8.08. The molecule has 0 fully saturated rings. The van der Waals surface area contributed by atoms with Gasteiger partial charge in [0.15, 0.2) is 0 Å². The average Bonchev–Trinajstić information content (AvgIpc) is 2.75. The first-order chi connectivity index (χ1) is 9.89. The number of sulfonamides is 1. The van der Waals surface area contributed by atoms with Crippen LogP contribution < -0.4 is 4.31 Å². The van der Waals surface area contributed by atoms with Gasteiger partial charge < -0.3 is 0 Å². The number of carbonyl (C=O) groups is 1. The van der Waals surface area contributed by atoms with Crippen LogP contribution in [-0.2, 0) is 21.2 Å². The largest absolute Gasteiger partial charge is 0.273 e. The maximum atomic E-state index is 12.7. The Morgan fingerprint density at radius 1 is 0.952 bits per heavy atom. The van der Waals surface area contributed by atoms with Gasteiger partial charge in [0.25, 0.3) is 10.0 Å². The van der Waals surface area contributed by atoms with Crippen LogP contribution >= 0.6 is 0 Å². The summed E-state index contributed by atoms with van der Waals surface area (Å²) in [5.41, 5.74) is 3.12. The topological polar surface area (TPSA) is 54.5 Å². The molecule has 1 amide bonds. The zero-order valence-electron chi connectivity index (χ0n) is 11.8. The second-order valence-electron chi connectivity index (χ2n) is 5.29. The van der Waals surface area contributed by atoms with Gasteiger partial charge in [-0.1, -0.05) is 29.8 Å². The van der Waals surface area contributed by atoms with Crippen molar-refractivity contribution in [3.05, 3.63) is 59.2 Å². The summed E-state index contributed by atoms with van der Waals surface area (Å²) in [5, 5.41) is 0. The molecule has 1 aliphatic rings. The molecule has 0 radical (unpaired) electrons. The second kappa shape index (κ2) is 4.70. The minimum absolute atomic E-state index is 0.126. The zero-order valence-corrected chi connectivity index (χ0v) is 12.6. The molecular formula is C16H15NO3S. The Kier molecular flexibility index (Phi) is 3.10. The summed E-state index contributed by atoms with van der Waals surface area (Å²) < 4.78 is 26.4. The van der Waals surface area contributed by atoms with E-state index in [9.17, 15) is 13.2 Å². The van der Waals surface area contributed by atoms with Gasteiger partial charge in [0, 0.05) is 0 Å². The minimum atomic E-state index is -3.85. The molecule has 108 valence electrons. The fourth-order valence-corrected chi connectivity index (χ4v) is 3.91. The van der Waals surface area contributed by atoms with E-state index in [-0.39, 0.29) is 11.3 Å². The predicted molar refractivity (Wildman–Crippen MR) is 80.7 cm³/mol. The standard InChI is InChI=1S/C16H15NO3S/c1-11-4-7-14(8-5-11)21(19,20)17-15-9-12(2)3-6-13(15)10-16(17)18/h3-9H,10H2,1-2H3. The number of hydrogen-bond acceptors (Lipinski definition) is 3. The molecule has 5 heteroatoms. The van der Waals surface area contributed by atoms with Crippen molar-refractivity contribution in [2.45, 2.75) is 25.2 Å². The third-order valence-corrected chi connectivity index (χ3v) is 5.34. The Bertz CT molecular complexity index is 823. The van der Waals surface area contributed by atoms with E-state index in [1.807, 2.05) is 26.0 Å². The summed E-state index contributed by atoms with van der Waals surface area (Å²) in [6.07, 6.45) is 0.126. The maximum Gasteiger partial charge on any atom is 0.270 e. The van der Waals surface area contributed by atoms with Crippen molar-refractivity contribution in [2.75, 3.05) is 4.31 Å². The Morgan fingerprint density at radius 3 is 2.24 bits per heavy atom. The van der Waals surface area contributed by atoms with Gasteiger partial charge in [-0.05, 0) is 43.2 Å². The summed E-state index contributed by atoms with van der Waals surface area (Å²) in [7, 11) is -3.85. The average molecular weight is 301 g/mol. The lowest BCUT2D eigenvalue weighted by atomic mass is 10.1. The fourth-order valence-electron chi connectivity index (χ4n) is 2.46. The van der Waals surface area contributed by atoms with Crippen LogP contribution in [0.2, 0.25) is 0 Å². The first-order valence-electron chi connectivity index (χ1n) is 6.64. The van der Waals surface area contributed by atoms with Crippen LogP contribution in [0.3, 0.4) is 0 Å². The Hall–Kier alpha value is -2.14. The molecule has 0 atom stereocenters. The van der Waals surface area contributed by atoms with Crippen molar-refractivity contribution >= 4 is 21.6 Å². The van der Waals surface area contributed by atoms with Gasteiger partial charge in [0.1, 0.15) is 0 Å². The summed E-state index contributed by atoms with van der Waals surface area (Å²) in [6, 6.07) is 12.0. The molecule has 0 spiro atoms. The van der Waals surface area contributed by atoms with E-state index in [1.165, 1.54) is 12.1 Å². The molecule has 0 aromatic heterocycles. The van der Waals surface area contributed by atoms with Gasteiger partial charge in [-0.25, -0.2) is 12.7 Å². The van der Waals surface area contributed by atoms with Crippen molar-refractivity contribution in [3.8, 4) is 0 Å². The smallest absolute Gasteiger partial charge is 0.270 e. The highest BCUT2D eigenvalue weighted by Gasteiger charge is 2.37. The van der Waals surface area contributed by atoms with Crippen LogP contribution in [0.25, 0.3) is 0 Å². The molecule has 0 saturated carbocycles. The van der Waals surface area contributed by atoms with Crippen LogP contribution in [0.4, 0.5) is 5.69 Å². The highest BCUT2D eigenvalue weighted by molar-refractivity contribution is 7.93. The quantitative estimate of drug-likeness (QED) is 0.856. The fraction of sp³-hybridized carbons (Fsp3) is 0.188. The van der Waals surface area contributed by atoms with Crippen molar-refractivity contribution in [1.82, 2.24) is 0 Å². The van der Waals surface area contributed by atoms with Gasteiger partial charge in [-0.3, -0.25) is 4.79 Å². The number of benzene rings is 2. The van der Waals surface area contributed by atoms with E-state index in [0.717, 1.165) is 21.0 Å². The molecule has 4 nitrogen and oxygen atoms in total. The highest BCUT2D eigenvalue weighted by Crippen LogP contribution is 2.34. The van der Waals surface area contributed by atoms with Crippen LogP contribution in [-0.4, -0.2) is 14.3 Å². The zero-order chi connectivity index (χ0) is 15.2. The molecular weight excluding hydrogens is 286 g/mol. The van der Waals surface area contributed by atoms with E-state index >= 15 is 0 Å². The van der Waals surface area contributed by atoms with E-state index in [4.69, 9.17) is 0 Å². The van der Waals surface area contributed by atoms with Crippen LogP contribution in [0.1, 0.15) is 16.7 Å². The summed E-state index contributed by atoms with van der Waals surface area (Å²) in [6.45, 7) is 3.76. The van der Waals surface area contributed by atoms with Gasteiger partial charge in [0.2, 0.25) is 5.91 Å². The molecule has 1 heterocycles. The van der Waals surface area contributed by atoms with E-state index in [0.29, 0.717) is 5.69 Å². The van der Waals surface area contributed by atoms with Crippen molar-refractivity contribution < 1.29 is 13.2 Å². The molecule has 2 aromatic rings. The second-order valence-corrected chi connectivity index (χ2v) is 7.07. The van der Waals surface area contributed by atoms with Crippen molar-refractivity contribution in [2.24, 2.45) is 0 Å². The van der Waals surface area contributed by atoms with Crippen molar-refractivity contribution in [3.63, 3.8) is 0 Å². The van der Waals surface area contributed by atoms with Crippen LogP contribution in [0.15, 0.2) is 47.4 Å².